The lowest BCUT2D eigenvalue weighted by atomic mass is 9.75. The molecule has 0 aliphatic heterocycles. The van der Waals surface area contributed by atoms with Gasteiger partial charge in [0.1, 0.15) is 5.82 Å². The second-order valence-corrected chi connectivity index (χ2v) is 5.56. The lowest BCUT2D eigenvalue weighted by Crippen LogP contribution is -2.30. The predicted octanol–water partition coefficient (Wildman–Crippen LogP) is 4.21. The number of rotatable bonds is 2. The molecule has 0 aromatic heterocycles. The van der Waals surface area contributed by atoms with Crippen LogP contribution >= 0.6 is 0 Å². The molecule has 1 aromatic rings. The number of hydrogen-bond donors (Lipinski definition) is 1. The van der Waals surface area contributed by atoms with Crippen molar-refractivity contribution in [2.24, 2.45) is 5.41 Å². The molecule has 0 spiro atoms. The maximum atomic E-state index is 13.4. The standard InChI is InChI=1S/C14H20FN/c1-14(2)9-7-11(8-10-14)16-13-6-4-3-5-12(13)15/h3-6,11,16H,7-10H2,1-2H3. The van der Waals surface area contributed by atoms with Crippen molar-refractivity contribution in [2.45, 2.75) is 45.6 Å². The van der Waals surface area contributed by atoms with E-state index < -0.39 is 0 Å². The Morgan fingerprint density at radius 1 is 1.19 bits per heavy atom. The summed E-state index contributed by atoms with van der Waals surface area (Å²) >= 11 is 0. The first-order chi connectivity index (χ1) is 7.57. The molecule has 88 valence electrons. The van der Waals surface area contributed by atoms with Crippen molar-refractivity contribution in [3.05, 3.63) is 30.1 Å². The van der Waals surface area contributed by atoms with Crippen LogP contribution in [0.15, 0.2) is 24.3 Å². The average molecular weight is 221 g/mol. The summed E-state index contributed by atoms with van der Waals surface area (Å²) < 4.78 is 13.4. The summed E-state index contributed by atoms with van der Waals surface area (Å²) in [5, 5.41) is 3.31. The van der Waals surface area contributed by atoms with Crippen molar-refractivity contribution in [3.8, 4) is 0 Å². The molecular formula is C14H20FN. The van der Waals surface area contributed by atoms with Crippen molar-refractivity contribution in [1.29, 1.82) is 0 Å². The van der Waals surface area contributed by atoms with Gasteiger partial charge in [-0.1, -0.05) is 26.0 Å². The summed E-state index contributed by atoms with van der Waals surface area (Å²) in [5.41, 5.74) is 1.11. The summed E-state index contributed by atoms with van der Waals surface area (Å²) in [6, 6.07) is 7.36. The SMILES string of the molecule is CC1(C)CCC(Nc2ccccc2F)CC1. The van der Waals surface area contributed by atoms with Crippen molar-refractivity contribution in [3.63, 3.8) is 0 Å². The van der Waals surface area contributed by atoms with Crippen LogP contribution in [0.4, 0.5) is 10.1 Å². The normalized spacial score (nSPS) is 20.7. The molecule has 1 aromatic carbocycles. The first-order valence-corrected chi connectivity index (χ1v) is 6.08. The highest BCUT2D eigenvalue weighted by Crippen LogP contribution is 2.36. The Morgan fingerprint density at radius 3 is 2.44 bits per heavy atom. The van der Waals surface area contributed by atoms with E-state index in [0.717, 1.165) is 12.8 Å². The predicted molar refractivity (Wildman–Crippen MR) is 66.1 cm³/mol. The summed E-state index contributed by atoms with van der Waals surface area (Å²) in [4.78, 5) is 0. The maximum absolute atomic E-state index is 13.4. The third-order valence-corrected chi connectivity index (χ3v) is 3.57. The average Bonchev–Trinajstić information content (AvgIpc) is 2.24. The Labute approximate surface area is 97.1 Å². The second-order valence-electron chi connectivity index (χ2n) is 5.56. The van der Waals surface area contributed by atoms with Gasteiger partial charge in [0.15, 0.2) is 0 Å². The molecule has 1 nitrogen and oxygen atoms in total. The fraction of sp³-hybridized carbons (Fsp3) is 0.571. The minimum absolute atomic E-state index is 0.146. The molecule has 0 amide bonds. The molecule has 0 unspecified atom stereocenters. The minimum Gasteiger partial charge on any atom is -0.380 e. The third kappa shape index (κ3) is 2.75. The number of halogens is 1. The molecule has 1 fully saturated rings. The zero-order valence-corrected chi connectivity index (χ0v) is 10.1. The van der Waals surface area contributed by atoms with E-state index >= 15 is 0 Å². The van der Waals surface area contributed by atoms with Crippen LogP contribution in [0.5, 0.6) is 0 Å². The number of nitrogens with one attached hydrogen (secondary N) is 1. The maximum Gasteiger partial charge on any atom is 0.146 e. The molecule has 0 saturated heterocycles. The van der Waals surface area contributed by atoms with Crippen LogP contribution in [-0.4, -0.2) is 6.04 Å². The van der Waals surface area contributed by atoms with Gasteiger partial charge in [0.2, 0.25) is 0 Å². The fourth-order valence-electron chi connectivity index (χ4n) is 2.34. The van der Waals surface area contributed by atoms with Crippen LogP contribution in [0.3, 0.4) is 0 Å². The smallest absolute Gasteiger partial charge is 0.146 e. The van der Waals surface area contributed by atoms with E-state index in [1.807, 2.05) is 12.1 Å². The summed E-state index contributed by atoms with van der Waals surface area (Å²) in [6.07, 6.45) is 4.72. The number of hydrogen-bond acceptors (Lipinski definition) is 1. The van der Waals surface area contributed by atoms with Crippen LogP contribution in [0.25, 0.3) is 0 Å². The van der Waals surface area contributed by atoms with Crippen LogP contribution in [-0.2, 0) is 0 Å². The molecule has 16 heavy (non-hydrogen) atoms. The Bertz CT molecular complexity index is 350. The molecular weight excluding hydrogens is 201 g/mol. The van der Waals surface area contributed by atoms with Gasteiger partial charge < -0.3 is 5.32 Å². The monoisotopic (exact) mass is 221 g/mol. The Kier molecular flexibility index (Phi) is 3.17. The van der Waals surface area contributed by atoms with Crippen LogP contribution in [0.2, 0.25) is 0 Å². The van der Waals surface area contributed by atoms with Crippen molar-refractivity contribution < 1.29 is 4.39 Å². The number of benzene rings is 1. The first kappa shape index (κ1) is 11.4. The highest BCUT2D eigenvalue weighted by molar-refractivity contribution is 5.45. The zero-order valence-electron chi connectivity index (χ0n) is 10.1. The van der Waals surface area contributed by atoms with E-state index in [0.29, 0.717) is 17.1 Å². The zero-order chi connectivity index (χ0) is 11.6. The largest absolute Gasteiger partial charge is 0.380 e. The Hall–Kier alpha value is -1.05. The molecule has 1 N–H and O–H groups in total. The van der Waals surface area contributed by atoms with Crippen molar-refractivity contribution in [2.75, 3.05) is 5.32 Å². The second kappa shape index (κ2) is 4.44. The van der Waals surface area contributed by atoms with E-state index in [9.17, 15) is 4.39 Å². The Morgan fingerprint density at radius 2 is 1.81 bits per heavy atom. The van der Waals surface area contributed by atoms with Gasteiger partial charge in [0.25, 0.3) is 0 Å². The van der Waals surface area contributed by atoms with E-state index in [4.69, 9.17) is 0 Å². The first-order valence-electron chi connectivity index (χ1n) is 6.08. The fourth-order valence-corrected chi connectivity index (χ4v) is 2.34. The number of anilines is 1. The minimum atomic E-state index is -0.146. The van der Waals surface area contributed by atoms with E-state index in [-0.39, 0.29) is 5.82 Å². The van der Waals surface area contributed by atoms with Crippen molar-refractivity contribution in [1.82, 2.24) is 0 Å². The molecule has 0 radical (unpaired) electrons. The lowest BCUT2D eigenvalue weighted by molar-refractivity contribution is 0.232. The van der Waals surface area contributed by atoms with Crippen LogP contribution in [0, 0.1) is 11.2 Å². The topological polar surface area (TPSA) is 12.0 Å². The Balaban J connectivity index is 1.95. The van der Waals surface area contributed by atoms with Gasteiger partial charge >= 0.3 is 0 Å². The molecule has 1 aliphatic carbocycles. The van der Waals surface area contributed by atoms with Gasteiger partial charge in [-0.25, -0.2) is 4.39 Å². The van der Waals surface area contributed by atoms with Crippen LogP contribution in [0.1, 0.15) is 39.5 Å². The van der Waals surface area contributed by atoms with Gasteiger partial charge in [-0.15, -0.1) is 0 Å². The third-order valence-electron chi connectivity index (χ3n) is 3.57. The molecule has 0 bridgehead atoms. The van der Waals surface area contributed by atoms with Crippen molar-refractivity contribution >= 4 is 5.69 Å². The van der Waals surface area contributed by atoms with E-state index in [1.54, 1.807) is 6.07 Å². The molecule has 1 aliphatic rings. The molecule has 2 rings (SSSR count). The highest BCUT2D eigenvalue weighted by atomic mass is 19.1. The molecule has 1 saturated carbocycles. The summed E-state index contributed by atoms with van der Waals surface area (Å²) in [7, 11) is 0. The van der Waals surface area contributed by atoms with Gasteiger partial charge in [-0.3, -0.25) is 0 Å². The summed E-state index contributed by atoms with van der Waals surface area (Å²) in [6.45, 7) is 4.62. The van der Waals surface area contributed by atoms with Gasteiger partial charge in [-0.2, -0.15) is 0 Å². The van der Waals surface area contributed by atoms with Gasteiger partial charge in [0.05, 0.1) is 5.69 Å². The van der Waals surface area contributed by atoms with E-state index in [2.05, 4.69) is 19.2 Å². The molecule has 0 heterocycles. The molecule has 2 heteroatoms. The highest BCUT2D eigenvalue weighted by Gasteiger charge is 2.26. The number of para-hydroxylation sites is 1. The van der Waals surface area contributed by atoms with Gasteiger partial charge in [-0.05, 0) is 43.2 Å². The van der Waals surface area contributed by atoms with Crippen LogP contribution < -0.4 is 5.32 Å². The van der Waals surface area contributed by atoms with E-state index in [1.165, 1.54) is 18.9 Å². The quantitative estimate of drug-likeness (QED) is 0.789. The summed E-state index contributed by atoms with van der Waals surface area (Å²) in [5.74, 6) is -0.146. The lowest BCUT2D eigenvalue weighted by Gasteiger charge is -2.35. The van der Waals surface area contributed by atoms with Gasteiger partial charge in [0, 0.05) is 6.04 Å². The molecule has 0 atom stereocenters.